The Morgan fingerprint density at radius 3 is 2.52 bits per heavy atom. The van der Waals surface area contributed by atoms with Crippen LogP contribution in [-0.2, 0) is 33.1 Å². The van der Waals surface area contributed by atoms with Crippen molar-refractivity contribution in [2.75, 3.05) is 29.6 Å². The van der Waals surface area contributed by atoms with Gasteiger partial charge in [0.1, 0.15) is 5.75 Å². The number of halogens is 1. The van der Waals surface area contributed by atoms with Gasteiger partial charge < -0.3 is 24.7 Å². The van der Waals surface area contributed by atoms with Gasteiger partial charge in [0.15, 0.2) is 12.2 Å². The van der Waals surface area contributed by atoms with Crippen LogP contribution < -0.4 is 14.5 Å². The van der Waals surface area contributed by atoms with Crippen molar-refractivity contribution < 1.29 is 29.3 Å². The summed E-state index contributed by atoms with van der Waals surface area (Å²) in [5.74, 6) is -0.922. The van der Waals surface area contributed by atoms with Crippen molar-refractivity contribution in [1.82, 2.24) is 4.90 Å². The molecule has 4 aromatic rings. The van der Waals surface area contributed by atoms with E-state index < -0.39 is 17.4 Å². The first-order valence-corrected chi connectivity index (χ1v) is 16.6. The van der Waals surface area contributed by atoms with Crippen molar-refractivity contribution in [2.45, 2.75) is 32.0 Å². The lowest BCUT2D eigenvalue weighted by molar-refractivity contribution is -0.139. The summed E-state index contributed by atoms with van der Waals surface area (Å²) >= 11 is 3.50. The molecule has 0 aromatic heterocycles. The van der Waals surface area contributed by atoms with Gasteiger partial charge in [-0.25, -0.2) is 0 Å². The fourth-order valence-electron chi connectivity index (χ4n) is 6.30. The molecule has 2 heterocycles. The van der Waals surface area contributed by atoms with E-state index in [2.05, 4.69) is 15.9 Å². The van der Waals surface area contributed by atoms with Crippen LogP contribution in [0.4, 0.5) is 17.1 Å². The molecule has 4 aromatic carbocycles. The number of carbonyl (C=O) groups is 3. The normalized spacial score (nSPS) is 17.7. The van der Waals surface area contributed by atoms with Crippen molar-refractivity contribution in [3.63, 3.8) is 0 Å². The number of anilines is 3. The van der Waals surface area contributed by atoms with Crippen LogP contribution in [0.1, 0.15) is 30.0 Å². The molecule has 10 heteroatoms. The second-order valence-corrected chi connectivity index (χ2v) is 12.8. The van der Waals surface area contributed by atoms with E-state index >= 15 is 0 Å². The average Bonchev–Trinajstić information content (AvgIpc) is 3.30. The van der Waals surface area contributed by atoms with Crippen LogP contribution in [0, 0.1) is 5.92 Å². The van der Waals surface area contributed by atoms with Crippen LogP contribution in [0.2, 0.25) is 0 Å². The molecule has 0 saturated carbocycles. The molecule has 6 rings (SSSR count). The summed E-state index contributed by atoms with van der Waals surface area (Å²) in [4.78, 5) is 45.0. The lowest BCUT2D eigenvalue weighted by Gasteiger charge is -2.30. The Balaban J connectivity index is 1.22. The average molecular weight is 711 g/mol. The molecule has 9 nitrogen and oxygen atoms in total. The Kier molecular flexibility index (Phi) is 9.77. The van der Waals surface area contributed by atoms with Gasteiger partial charge in [-0.2, -0.15) is 0 Å². The number of hydrogen-bond donors (Lipinski definition) is 2. The van der Waals surface area contributed by atoms with Gasteiger partial charge in [-0.3, -0.25) is 19.3 Å². The number of rotatable bonds is 11. The molecule has 2 N–H and O–H groups in total. The quantitative estimate of drug-likeness (QED) is 0.189. The van der Waals surface area contributed by atoms with E-state index in [1.165, 1.54) is 0 Å². The SMILES string of the molecule is C[C@H](/C=C/CC(=O)N(CCO)Cc1ccccc1)[C@@]1(O)C(=O)N(Cc2cccc(N3C(=O)COc4ccccc43)c2)c2ccc(Br)cc21. The van der Waals surface area contributed by atoms with Gasteiger partial charge in [-0.1, -0.05) is 89.6 Å². The van der Waals surface area contributed by atoms with Gasteiger partial charge in [0.05, 0.1) is 24.5 Å². The fraction of sp³-hybridized carbons (Fsp3) is 0.237. The second kappa shape index (κ2) is 14.1. The van der Waals surface area contributed by atoms with Crippen LogP contribution in [0.3, 0.4) is 0 Å². The fourth-order valence-corrected chi connectivity index (χ4v) is 6.66. The molecule has 0 spiro atoms. The zero-order valence-electron chi connectivity index (χ0n) is 26.5. The summed E-state index contributed by atoms with van der Waals surface area (Å²) in [6.07, 6.45) is 3.42. The zero-order chi connectivity index (χ0) is 33.8. The Morgan fingerprint density at radius 1 is 0.979 bits per heavy atom. The van der Waals surface area contributed by atoms with E-state index in [4.69, 9.17) is 4.74 Å². The van der Waals surface area contributed by atoms with Crippen LogP contribution in [0.25, 0.3) is 0 Å². The summed E-state index contributed by atoms with van der Waals surface area (Å²) < 4.78 is 6.32. The van der Waals surface area contributed by atoms with Crippen molar-refractivity contribution in [3.05, 3.63) is 130 Å². The molecule has 3 amide bonds. The number of fused-ring (bicyclic) bond motifs is 2. The number of carbonyl (C=O) groups excluding carboxylic acids is 3. The first-order chi connectivity index (χ1) is 23.2. The lowest BCUT2D eigenvalue weighted by atomic mass is 9.83. The van der Waals surface area contributed by atoms with Crippen molar-refractivity contribution in [1.29, 1.82) is 0 Å². The summed E-state index contributed by atoms with van der Waals surface area (Å²) in [6.45, 7) is 2.25. The zero-order valence-corrected chi connectivity index (χ0v) is 28.0. The van der Waals surface area contributed by atoms with Gasteiger partial charge in [-0.15, -0.1) is 0 Å². The Bertz CT molecular complexity index is 1860. The van der Waals surface area contributed by atoms with Crippen LogP contribution in [-0.4, -0.2) is 52.6 Å². The maximum absolute atomic E-state index is 14.2. The molecule has 0 radical (unpaired) electrons. The van der Waals surface area contributed by atoms with E-state index in [1.807, 2.05) is 84.9 Å². The van der Waals surface area contributed by atoms with E-state index in [9.17, 15) is 24.6 Å². The standard InChI is InChI=1S/C38H36BrN3O6/c1-26(9-7-16-35(44)40(19-20-43)23-27-10-3-2-4-11-27)38(47)31-22-29(39)17-18-32(31)41(37(38)46)24-28-12-8-13-30(21-28)42-33-14-5-6-15-34(33)48-25-36(42)45/h2-15,17-18,21-22,26,43,47H,16,19-20,23-25H2,1H3/b9-7+/t26-,38+/m1/s1. The molecule has 0 fully saturated rings. The largest absolute Gasteiger partial charge is 0.482 e. The predicted octanol–water partition coefficient (Wildman–Crippen LogP) is 5.84. The highest BCUT2D eigenvalue weighted by atomic mass is 79.9. The highest BCUT2D eigenvalue weighted by molar-refractivity contribution is 9.10. The number of aliphatic hydroxyl groups is 2. The maximum Gasteiger partial charge on any atom is 0.269 e. The number of aliphatic hydroxyl groups excluding tert-OH is 1. The highest BCUT2D eigenvalue weighted by Gasteiger charge is 2.52. The smallest absolute Gasteiger partial charge is 0.269 e. The Hall–Kier alpha value is -4.77. The molecule has 0 bridgehead atoms. The van der Waals surface area contributed by atoms with Crippen molar-refractivity contribution in [2.24, 2.45) is 5.92 Å². The molecule has 48 heavy (non-hydrogen) atoms. The summed E-state index contributed by atoms with van der Waals surface area (Å²) in [6, 6.07) is 29.7. The number of nitrogens with zero attached hydrogens (tertiary/aromatic N) is 3. The number of amides is 3. The molecular formula is C38H36BrN3O6. The van der Waals surface area contributed by atoms with E-state index in [1.54, 1.807) is 45.9 Å². The monoisotopic (exact) mass is 709 g/mol. The Morgan fingerprint density at radius 2 is 1.73 bits per heavy atom. The molecule has 2 aliphatic heterocycles. The molecular weight excluding hydrogens is 674 g/mol. The third-order valence-electron chi connectivity index (χ3n) is 8.76. The van der Waals surface area contributed by atoms with Gasteiger partial charge in [0.2, 0.25) is 5.91 Å². The number of ether oxygens (including phenoxy) is 1. The van der Waals surface area contributed by atoms with Crippen LogP contribution in [0.5, 0.6) is 5.75 Å². The summed E-state index contributed by atoms with van der Waals surface area (Å²) in [7, 11) is 0. The second-order valence-electron chi connectivity index (χ2n) is 11.9. The van der Waals surface area contributed by atoms with Gasteiger partial charge >= 0.3 is 0 Å². The molecule has 2 aliphatic rings. The predicted molar refractivity (Wildman–Crippen MR) is 187 cm³/mol. The van der Waals surface area contributed by atoms with E-state index in [-0.39, 0.29) is 44.5 Å². The molecule has 2 atom stereocenters. The van der Waals surface area contributed by atoms with Crippen LogP contribution >= 0.6 is 15.9 Å². The minimum atomic E-state index is -1.88. The number of para-hydroxylation sites is 2. The molecule has 246 valence electrons. The third-order valence-corrected chi connectivity index (χ3v) is 9.26. The maximum atomic E-state index is 14.2. The van der Waals surface area contributed by atoms with E-state index in [0.29, 0.717) is 39.4 Å². The molecule has 0 aliphatic carbocycles. The third kappa shape index (κ3) is 6.51. The topological polar surface area (TPSA) is 111 Å². The van der Waals surface area contributed by atoms with E-state index in [0.717, 1.165) is 11.1 Å². The summed E-state index contributed by atoms with van der Waals surface area (Å²) in [5, 5.41) is 21.7. The molecule has 0 saturated heterocycles. The lowest BCUT2D eigenvalue weighted by Crippen LogP contribution is -2.44. The highest BCUT2D eigenvalue weighted by Crippen LogP contribution is 2.47. The number of benzene rings is 4. The van der Waals surface area contributed by atoms with Gasteiger partial charge in [-0.05, 0) is 53.6 Å². The minimum absolute atomic E-state index is 0.0483. The van der Waals surface area contributed by atoms with Gasteiger partial charge in [0.25, 0.3) is 11.8 Å². The summed E-state index contributed by atoms with van der Waals surface area (Å²) in [5.41, 5.74) is 2.18. The minimum Gasteiger partial charge on any atom is -0.482 e. The van der Waals surface area contributed by atoms with Crippen molar-refractivity contribution >= 4 is 50.7 Å². The first-order valence-electron chi connectivity index (χ1n) is 15.8. The van der Waals surface area contributed by atoms with Crippen molar-refractivity contribution in [3.8, 4) is 5.75 Å². The number of hydrogen-bond acceptors (Lipinski definition) is 6. The van der Waals surface area contributed by atoms with Crippen LogP contribution in [0.15, 0.2) is 114 Å². The van der Waals surface area contributed by atoms with Gasteiger partial charge in [0, 0.05) is 41.2 Å². The first kappa shape index (κ1) is 33.1. The Labute approximate surface area is 287 Å². The molecule has 0 unspecified atom stereocenters.